The highest BCUT2D eigenvalue weighted by Crippen LogP contribution is 2.38. The largest absolute Gasteiger partial charge is 0.497 e. The number of carbonyl (C=O) groups excluding carboxylic acids is 1. The highest BCUT2D eigenvalue weighted by molar-refractivity contribution is 6.02. The molecule has 0 unspecified atom stereocenters. The van der Waals surface area contributed by atoms with Crippen molar-refractivity contribution < 1.29 is 19.0 Å². The van der Waals surface area contributed by atoms with Crippen LogP contribution >= 0.6 is 0 Å². The molecule has 0 saturated heterocycles. The minimum absolute atomic E-state index is 0.0658. The number of hydrogen-bond acceptors (Lipinski definition) is 4. The van der Waals surface area contributed by atoms with Crippen LogP contribution in [0.25, 0.3) is 0 Å². The predicted molar refractivity (Wildman–Crippen MR) is 96.7 cm³/mol. The molecule has 5 nitrogen and oxygen atoms in total. The molecule has 0 saturated carbocycles. The Morgan fingerprint density at radius 1 is 1.08 bits per heavy atom. The molecule has 0 atom stereocenters. The molecule has 1 aliphatic rings. The summed E-state index contributed by atoms with van der Waals surface area (Å²) in [4.78, 5) is 14.5. The molecule has 0 fully saturated rings. The van der Waals surface area contributed by atoms with E-state index in [9.17, 15) is 4.79 Å². The van der Waals surface area contributed by atoms with Gasteiger partial charge in [0.1, 0.15) is 23.9 Å². The van der Waals surface area contributed by atoms with Gasteiger partial charge in [-0.05, 0) is 62.7 Å². The van der Waals surface area contributed by atoms with Gasteiger partial charge in [-0.2, -0.15) is 0 Å². The van der Waals surface area contributed by atoms with Crippen molar-refractivity contribution in [3.05, 3.63) is 48.0 Å². The summed E-state index contributed by atoms with van der Waals surface area (Å²) in [6.45, 7) is 6.41. The van der Waals surface area contributed by atoms with Crippen molar-refractivity contribution in [3.63, 3.8) is 0 Å². The summed E-state index contributed by atoms with van der Waals surface area (Å²) in [5.41, 5.74) is 0.987. The van der Waals surface area contributed by atoms with Crippen molar-refractivity contribution >= 4 is 11.6 Å². The number of ether oxygens (including phenoxy) is 3. The third-order valence-corrected chi connectivity index (χ3v) is 4.17. The SMILES string of the molecule is COc1ccc(OCCN2C(=O)C(C)(C)Oc3ccc(C)cc32)cc1. The van der Waals surface area contributed by atoms with Crippen LogP contribution in [0.3, 0.4) is 0 Å². The number of benzene rings is 2. The lowest BCUT2D eigenvalue weighted by molar-refractivity contribution is -0.132. The first-order valence-electron chi connectivity index (χ1n) is 8.29. The molecule has 0 N–H and O–H groups in total. The number of hydrogen-bond donors (Lipinski definition) is 0. The van der Waals surface area contributed by atoms with Gasteiger partial charge in [-0.25, -0.2) is 0 Å². The van der Waals surface area contributed by atoms with Gasteiger partial charge in [0.25, 0.3) is 5.91 Å². The van der Waals surface area contributed by atoms with Crippen LogP contribution in [-0.2, 0) is 4.79 Å². The molecule has 0 bridgehead atoms. The Bertz CT molecular complexity index is 768. The summed E-state index contributed by atoms with van der Waals surface area (Å²) in [6, 6.07) is 13.3. The predicted octanol–water partition coefficient (Wildman–Crippen LogP) is 3.59. The summed E-state index contributed by atoms with van der Waals surface area (Å²) in [5.74, 6) is 2.18. The Morgan fingerprint density at radius 2 is 1.76 bits per heavy atom. The Kier molecular flexibility index (Phi) is 4.57. The maximum absolute atomic E-state index is 12.8. The quantitative estimate of drug-likeness (QED) is 0.834. The first-order valence-corrected chi connectivity index (χ1v) is 8.29. The highest BCUT2D eigenvalue weighted by Gasteiger charge is 2.40. The van der Waals surface area contributed by atoms with E-state index >= 15 is 0 Å². The number of aryl methyl sites for hydroxylation is 1. The first-order chi connectivity index (χ1) is 11.9. The van der Waals surface area contributed by atoms with Crippen LogP contribution in [0.4, 0.5) is 5.69 Å². The van der Waals surface area contributed by atoms with Crippen LogP contribution in [-0.4, -0.2) is 31.8 Å². The van der Waals surface area contributed by atoms with E-state index in [1.54, 1.807) is 25.9 Å². The van der Waals surface area contributed by atoms with Gasteiger partial charge in [-0.1, -0.05) is 6.07 Å². The average Bonchev–Trinajstić information content (AvgIpc) is 2.59. The van der Waals surface area contributed by atoms with Crippen LogP contribution in [0.5, 0.6) is 17.2 Å². The number of anilines is 1. The van der Waals surface area contributed by atoms with Crippen LogP contribution < -0.4 is 19.1 Å². The van der Waals surface area contributed by atoms with Gasteiger partial charge in [0.2, 0.25) is 0 Å². The fourth-order valence-electron chi connectivity index (χ4n) is 2.83. The fraction of sp³-hybridized carbons (Fsp3) is 0.350. The molecule has 2 aromatic carbocycles. The van der Waals surface area contributed by atoms with Gasteiger partial charge in [-0.3, -0.25) is 4.79 Å². The summed E-state index contributed by atoms with van der Waals surface area (Å²) in [7, 11) is 1.63. The molecule has 25 heavy (non-hydrogen) atoms. The molecule has 1 amide bonds. The van der Waals surface area contributed by atoms with E-state index in [4.69, 9.17) is 14.2 Å². The zero-order valence-electron chi connectivity index (χ0n) is 15.0. The Labute approximate surface area is 148 Å². The lowest BCUT2D eigenvalue weighted by Gasteiger charge is -2.38. The first kappa shape index (κ1) is 17.1. The van der Waals surface area contributed by atoms with E-state index < -0.39 is 5.60 Å². The molecule has 3 rings (SSSR count). The lowest BCUT2D eigenvalue weighted by Crippen LogP contribution is -2.53. The Hall–Kier alpha value is -2.69. The third-order valence-electron chi connectivity index (χ3n) is 4.17. The minimum Gasteiger partial charge on any atom is -0.497 e. The number of amides is 1. The molecule has 0 spiro atoms. The van der Waals surface area contributed by atoms with E-state index in [1.165, 1.54) is 0 Å². The maximum Gasteiger partial charge on any atom is 0.270 e. The summed E-state index contributed by atoms with van der Waals surface area (Å²) in [6.07, 6.45) is 0. The Morgan fingerprint density at radius 3 is 2.44 bits per heavy atom. The molecule has 5 heteroatoms. The minimum atomic E-state index is -0.887. The topological polar surface area (TPSA) is 48.0 Å². The van der Waals surface area contributed by atoms with Crippen molar-refractivity contribution in [2.75, 3.05) is 25.2 Å². The van der Waals surface area contributed by atoms with Gasteiger partial charge >= 0.3 is 0 Å². The molecule has 1 heterocycles. The van der Waals surface area contributed by atoms with Crippen molar-refractivity contribution in [1.82, 2.24) is 0 Å². The van der Waals surface area contributed by atoms with Crippen molar-refractivity contribution in [2.24, 2.45) is 0 Å². The number of methoxy groups -OCH3 is 1. The fourth-order valence-corrected chi connectivity index (χ4v) is 2.83. The number of nitrogens with zero attached hydrogens (tertiary/aromatic N) is 1. The van der Waals surface area contributed by atoms with Crippen LogP contribution in [0, 0.1) is 6.92 Å². The molecular weight excluding hydrogens is 318 g/mol. The second-order valence-electron chi connectivity index (χ2n) is 6.56. The smallest absolute Gasteiger partial charge is 0.270 e. The molecule has 0 radical (unpaired) electrons. The van der Waals surface area contributed by atoms with Crippen molar-refractivity contribution in [3.8, 4) is 17.2 Å². The van der Waals surface area contributed by atoms with E-state index in [1.807, 2.05) is 49.4 Å². The molecule has 0 aliphatic carbocycles. The lowest BCUT2D eigenvalue weighted by atomic mass is 10.0. The second kappa shape index (κ2) is 6.67. The van der Waals surface area contributed by atoms with Crippen LogP contribution in [0.2, 0.25) is 0 Å². The average molecular weight is 341 g/mol. The standard InChI is InChI=1S/C20H23NO4/c1-14-5-10-18-17(13-14)21(19(22)20(2,3)25-18)11-12-24-16-8-6-15(23-4)7-9-16/h5-10,13H,11-12H2,1-4H3. The molecule has 132 valence electrons. The number of fused-ring (bicyclic) bond motifs is 1. The normalized spacial score (nSPS) is 15.4. The highest BCUT2D eigenvalue weighted by atomic mass is 16.5. The molecule has 1 aliphatic heterocycles. The van der Waals surface area contributed by atoms with E-state index in [-0.39, 0.29) is 5.91 Å². The molecular formula is C20H23NO4. The van der Waals surface area contributed by atoms with Gasteiger partial charge in [0.05, 0.1) is 19.3 Å². The summed E-state index contributed by atoms with van der Waals surface area (Å²) >= 11 is 0. The molecule has 0 aromatic heterocycles. The molecule has 2 aromatic rings. The zero-order chi connectivity index (χ0) is 18.0. The van der Waals surface area contributed by atoms with E-state index in [2.05, 4.69) is 0 Å². The van der Waals surface area contributed by atoms with E-state index in [0.29, 0.717) is 13.2 Å². The monoisotopic (exact) mass is 341 g/mol. The van der Waals surface area contributed by atoms with Crippen LogP contribution in [0.1, 0.15) is 19.4 Å². The summed E-state index contributed by atoms with van der Waals surface area (Å²) < 4.78 is 16.8. The van der Waals surface area contributed by atoms with Crippen molar-refractivity contribution in [1.29, 1.82) is 0 Å². The van der Waals surface area contributed by atoms with Crippen molar-refractivity contribution in [2.45, 2.75) is 26.4 Å². The van der Waals surface area contributed by atoms with Crippen LogP contribution in [0.15, 0.2) is 42.5 Å². The second-order valence-corrected chi connectivity index (χ2v) is 6.56. The third kappa shape index (κ3) is 3.55. The Balaban J connectivity index is 1.74. The number of rotatable bonds is 5. The van der Waals surface area contributed by atoms with Gasteiger partial charge in [0, 0.05) is 0 Å². The zero-order valence-corrected chi connectivity index (χ0v) is 15.0. The summed E-state index contributed by atoms with van der Waals surface area (Å²) in [5, 5.41) is 0. The van der Waals surface area contributed by atoms with Gasteiger partial charge < -0.3 is 19.1 Å². The van der Waals surface area contributed by atoms with Gasteiger partial charge in [-0.15, -0.1) is 0 Å². The van der Waals surface area contributed by atoms with E-state index in [0.717, 1.165) is 28.5 Å². The number of carbonyl (C=O) groups is 1. The van der Waals surface area contributed by atoms with Gasteiger partial charge in [0.15, 0.2) is 5.60 Å². The maximum atomic E-state index is 12.8.